The Balaban J connectivity index is 1.96. The van der Waals surface area contributed by atoms with Gasteiger partial charge in [-0.2, -0.15) is 0 Å². The van der Waals surface area contributed by atoms with E-state index in [9.17, 15) is 4.79 Å². The second-order valence-electron chi connectivity index (χ2n) is 5.19. The average molecular weight is 292 g/mol. The molecule has 1 unspecified atom stereocenters. The van der Waals surface area contributed by atoms with Gasteiger partial charge in [-0.05, 0) is 43.5 Å². The molecule has 5 nitrogen and oxygen atoms in total. The lowest BCUT2D eigenvalue weighted by Gasteiger charge is -2.26. The molecule has 1 aromatic rings. The number of nitrogens with one attached hydrogen (secondary N) is 2. The molecule has 0 aromatic heterocycles. The summed E-state index contributed by atoms with van der Waals surface area (Å²) in [6.07, 6.45) is 3.29. The summed E-state index contributed by atoms with van der Waals surface area (Å²) in [6, 6.07) is 6.46. The van der Waals surface area contributed by atoms with Gasteiger partial charge < -0.3 is 20.1 Å². The molecule has 0 saturated carbocycles. The Bertz CT molecular complexity index is 477. The first-order valence-electron chi connectivity index (χ1n) is 7.43. The van der Waals surface area contributed by atoms with Gasteiger partial charge in [0.2, 0.25) is 0 Å². The molecule has 0 saturated heterocycles. The van der Waals surface area contributed by atoms with Crippen molar-refractivity contribution in [3.63, 3.8) is 0 Å². The summed E-state index contributed by atoms with van der Waals surface area (Å²) in [5.41, 5.74) is 2.52. The number of methoxy groups -OCH3 is 1. The van der Waals surface area contributed by atoms with Crippen molar-refractivity contribution in [2.75, 3.05) is 33.9 Å². The first-order chi connectivity index (χ1) is 10.3. The Morgan fingerprint density at radius 2 is 2.29 bits per heavy atom. The van der Waals surface area contributed by atoms with Crippen LogP contribution in [0.3, 0.4) is 0 Å². The van der Waals surface area contributed by atoms with Gasteiger partial charge in [0, 0.05) is 19.7 Å². The van der Waals surface area contributed by atoms with Crippen LogP contribution in [0.1, 0.15) is 30.0 Å². The Morgan fingerprint density at radius 1 is 1.43 bits per heavy atom. The molecule has 1 aliphatic carbocycles. The molecular formula is C16H24N2O3. The molecule has 0 bridgehead atoms. The van der Waals surface area contributed by atoms with Gasteiger partial charge in [0.15, 0.2) is 6.61 Å². The Labute approximate surface area is 126 Å². The molecule has 0 radical (unpaired) electrons. The number of benzene rings is 1. The van der Waals surface area contributed by atoms with Gasteiger partial charge in [-0.15, -0.1) is 0 Å². The topological polar surface area (TPSA) is 59.6 Å². The van der Waals surface area contributed by atoms with E-state index in [4.69, 9.17) is 9.47 Å². The van der Waals surface area contributed by atoms with Crippen LogP contribution in [0, 0.1) is 0 Å². The SMILES string of the molecule is CNC1CCCc2c(OCC(=O)NCCOC)cccc21. The molecule has 1 amide bonds. The van der Waals surface area contributed by atoms with Gasteiger partial charge in [0.25, 0.3) is 5.91 Å². The van der Waals surface area contributed by atoms with Gasteiger partial charge in [-0.1, -0.05) is 12.1 Å². The summed E-state index contributed by atoms with van der Waals surface area (Å²) in [6.45, 7) is 1.06. The number of rotatable bonds is 7. The molecule has 0 fully saturated rings. The van der Waals surface area contributed by atoms with E-state index >= 15 is 0 Å². The van der Waals surface area contributed by atoms with Gasteiger partial charge in [0.1, 0.15) is 5.75 Å². The number of carbonyl (C=O) groups excluding carboxylic acids is 1. The highest BCUT2D eigenvalue weighted by Gasteiger charge is 2.21. The van der Waals surface area contributed by atoms with Gasteiger partial charge >= 0.3 is 0 Å². The van der Waals surface area contributed by atoms with Crippen molar-refractivity contribution in [1.82, 2.24) is 10.6 Å². The minimum Gasteiger partial charge on any atom is -0.483 e. The third-order valence-corrected chi connectivity index (χ3v) is 3.80. The summed E-state index contributed by atoms with van der Waals surface area (Å²) in [5.74, 6) is 0.708. The van der Waals surface area contributed by atoms with E-state index < -0.39 is 0 Å². The molecule has 5 heteroatoms. The number of hydrogen-bond donors (Lipinski definition) is 2. The molecule has 2 rings (SSSR count). The minimum atomic E-state index is -0.120. The predicted molar refractivity (Wildman–Crippen MR) is 81.6 cm³/mol. The van der Waals surface area contributed by atoms with Crippen molar-refractivity contribution in [1.29, 1.82) is 0 Å². The van der Waals surface area contributed by atoms with Gasteiger partial charge in [0.05, 0.1) is 6.61 Å². The van der Waals surface area contributed by atoms with Crippen LogP contribution in [0.25, 0.3) is 0 Å². The fourth-order valence-corrected chi connectivity index (χ4v) is 2.74. The minimum absolute atomic E-state index is 0.0460. The average Bonchev–Trinajstić information content (AvgIpc) is 2.52. The van der Waals surface area contributed by atoms with Gasteiger partial charge in [-0.3, -0.25) is 4.79 Å². The normalized spacial score (nSPS) is 17.1. The third-order valence-electron chi connectivity index (χ3n) is 3.80. The Hall–Kier alpha value is -1.59. The lowest BCUT2D eigenvalue weighted by molar-refractivity contribution is -0.123. The van der Waals surface area contributed by atoms with Crippen LogP contribution < -0.4 is 15.4 Å². The number of amides is 1. The summed E-state index contributed by atoms with van der Waals surface area (Å²) < 4.78 is 10.6. The highest BCUT2D eigenvalue weighted by atomic mass is 16.5. The quantitative estimate of drug-likeness (QED) is 0.746. The number of fused-ring (bicyclic) bond motifs is 1. The predicted octanol–water partition coefficient (Wildman–Crippen LogP) is 1.42. The van der Waals surface area contributed by atoms with Crippen LogP contribution in [-0.2, 0) is 16.0 Å². The van der Waals surface area contributed by atoms with E-state index in [0.717, 1.165) is 25.0 Å². The molecule has 1 atom stereocenters. The van der Waals surface area contributed by atoms with E-state index in [2.05, 4.69) is 16.7 Å². The number of hydrogen-bond acceptors (Lipinski definition) is 4. The summed E-state index contributed by atoms with van der Waals surface area (Å²) in [4.78, 5) is 11.7. The van der Waals surface area contributed by atoms with Crippen LogP contribution in [0.5, 0.6) is 5.75 Å². The smallest absolute Gasteiger partial charge is 0.258 e. The fraction of sp³-hybridized carbons (Fsp3) is 0.562. The third kappa shape index (κ3) is 4.19. The second-order valence-corrected chi connectivity index (χ2v) is 5.19. The maximum Gasteiger partial charge on any atom is 0.258 e. The summed E-state index contributed by atoms with van der Waals surface area (Å²) in [5, 5.41) is 6.09. The number of carbonyl (C=O) groups is 1. The Kier molecular flexibility index (Phi) is 6.02. The van der Waals surface area contributed by atoms with Crippen LogP contribution in [0.2, 0.25) is 0 Å². The maximum absolute atomic E-state index is 11.7. The lowest BCUT2D eigenvalue weighted by Crippen LogP contribution is -2.31. The first-order valence-corrected chi connectivity index (χ1v) is 7.43. The van der Waals surface area contributed by atoms with Crippen LogP contribution in [-0.4, -0.2) is 39.8 Å². The lowest BCUT2D eigenvalue weighted by atomic mass is 9.87. The molecule has 0 heterocycles. The standard InChI is InChI=1S/C16H24N2O3/c1-17-14-7-3-6-13-12(14)5-4-8-15(13)21-11-16(19)18-9-10-20-2/h4-5,8,14,17H,3,6-7,9-11H2,1-2H3,(H,18,19). The zero-order valence-corrected chi connectivity index (χ0v) is 12.8. The molecule has 0 spiro atoms. The second kappa shape index (κ2) is 8.00. The Morgan fingerprint density at radius 3 is 3.05 bits per heavy atom. The largest absolute Gasteiger partial charge is 0.483 e. The highest BCUT2D eigenvalue weighted by molar-refractivity contribution is 5.77. The maximum atomic E-state index is 11.7. The van der Waals surface area contributed by atoms with Crippen LogP contribution >= 0.6 is 0 Å². The van der Waals surface area contributed by atoms with Crippen LogP contribution in [0.15, 0.2) is 18.2 Å². The zero-order valence-electron chi connectivity index (χ0n) is 12.8. The van der Waals surface area contributed by atoms with Crippen molar-refractivity contribution < 1.29 is 14.3 Å². The molecule has 1 aliphatic rings. The molecular weight excluding hydrogens is 268 g/mol. The van der Waals surface area contributed by atoms with E-state index in [1.165, 1.54) is 11.1 Å². The molecule has 0 aliphatic heterocycles. The van der Waals surface area contributed by atoms with E-state index in [1.54, 1.807) is 7.11 Å². The van der Waals surface area contributed by atoms with Crippen LogP contribution in [0.4, 0.5) is 0 Å². The van der Waals surface area contributed by atoms with Crippen molar-refractivity contribution in [2.24, 2.45) is 0 Å². The van der Waals surface area contributed by atoms with E-state index in [-0.39, 0.29) is 12.5 Å². The summed E-state index contributed by atoms with van der Waals surface area (Å²) >= 11 is 0. The molecule has 1 aromatic carbocycles. The van der Waals surface area contributed by atoms with Gasteiger partial charge in [-0.25, -0.2) is 0 Å². The van der Waals surface area contributed by atoms with Crippen molar-refractivity contribution in [2.45, 2.75) is 25.3 Å². The fourth-order valence-electron chi connectivity index (χ4n) is 2.74. The monoisotopic (exact) mass is 292 g/mol. The van der Waals surface area contributed by atoms with Crippen molar-refractivity contribution in [3.05, 3.63) is 29.3 Å². The van der Waals surface area contributed by atoms with E-state index in [0.29, 0.717) is 19.2 Å². The van der Waals surface area contributed by atoms with Crippen molar-refractivity contribution in [3.8, 4) is 5.75 Å². The van der Waals surface area contributed by atoms with Crippen molar-refractivity contribution >= 4 is 5.91 Å². The summed E-state index contributed by atoms with van der Waals surface area (Å²) in [7, 11) is 3.59. The molecule has 2 N–H and O–H groups in total. The zero-order chi connectivity index (χ0) is 15.1. The molecule has 116 valence electrons. The molecule has 21 heavy (non-hydrogen) atoms. The van der Waals surface area contributed by atoms with E-state index in [1.807, 2.05) is 19.2 Å². The first kappa shape index (κ1) is 15.8. The number of ether oxygens (including phenoxy) is 2. The highest BCUT2D eigenvalue weighted by Crippen LogP contribution is 2.34.